The van der Waals surface area contributed by atoms with E-state index in [1.165, 1.54) is 0 Å². The van der Waals surface area contributed by atoms with E-state index in [1.807, 2.05) is 60.7 Å². The first-order chi connectivity index (χ1) is 17.6. The maximum atomic E-state index is 13.7. The molecule has 2 heterocycles. The van der Waals surface area contributed by atoms with E-state index in [-0.39, 0.29) is 5.78 Å². The van der Waals surface area contributed by atoms with E-state index in [4.69, 9.17) is 18.9 Å². The van der Waals surface area contributed by atoms with Gasteiger partial charge in [-0.3, -0.25) is 14.8 Å². The second-order valence-corrected chi connectivity index (χ2v) is 8.08. The summed E-state index contributed by atoms with van der Waals surface area (Å²) in [5.74, 6) is 2.35. The predicted octanol–water partition coefficient (Wildman–Crippen LogP) is 4.92. The van der Waals surface area contributed by atoms with Crippen LogP contribution >= 0.6 is 0 Å². The molecule has 0 fully saturated rings. The molecule has 7 nitrogen and oxygen atoms in total. The van der Waals surface area contributed by atoms with E-state index < -0.39 is 0 Å². The van der Waals surface area contributed by atoms with E-state index >= 15 is 0 Å². The number of benzene rings is 2. The van der Waals surface area contributed by atoms with Crippen LogP contribution in [0.2, 0.25) is 0 Å². The molecule has 0 aliphatic rings. The van der Waals surface area contributed by atoms with Gasteiger partial charge in [-0.1, -0.05) is 24.3 Å². The van der Waals surface area contributed by atoms with Crippen LogP contribution in [0.5, 0.6) is 23.0 Å². The van der Waals surface area contributed by atoms with Crippen LogP contribution in [-0.2, 0) is 12.8 Å². The zero-order chi connectivity index (χ0) is 25.5. The van der Waals surface area contributed by atoms with Crippen LogP contribution in [0.15, 0.2) is 73.1 Å². The third-order valence-corrected chi connectivity index (χ3v) is 5.90. The van der Waals surface area contributed by atoms with Crippen LogP contribution < -0.4 is 18.9 Å². The number of nitrogens with zero attached hydrogens (tertiary/aromatic N) is 2. The average molecular weight is 485 g/mol. The molecule has 0 saturated heterocycles. The van der Waals surface area contributed by atoms with Crippen LogP contribution in [-0.4, -0.2) is 44.2 Å². The number of carbonyl (C=O) groups excluding carboxylic acids is 1. The zero-order valence-electron chi connectivity index (χ0n) is 20.8. The Morgan fingerprint density at radius 1 is 0.611 bits per heavy atom. The maximum absolute atomic E-state index is 13.7. The number of rotatable bonds is 10. The van der Waals surface area contributed by atoms with E-state index in [0.717, 1.165) is 22.3 Å². The molecule has 0 amide bonds. The van der Waals surface area contributed by atoms with Gasteiger partial charge in [0.1, 0.15) is 11.4 Å². The third kappa shape index (κ3) is 5.30. The Morgan fingerprint density at radius 2 is 1.03 bits per heavy atom. The molecule has 184 valence electrons. The Hall–Kier alpha value is -4.39. The van der Waals surface area contributed by atoms with Crippen LogP contribution in [0.4, 0.5) is 0 Å². The van der Waals surface area contributed by atoms with E-state index in [2.05, 4.69) is 9.97 Å². The molecule has 7 heteroatoms. The van der Waals surface area contributed by atoms with Gasteiger partial charge < -0.3 is 18.9 Å². The number of ketones is 1. The minimum absolute atomic E-state index is 0.220. The Balaban J connectivity index is 1.65. The molecule has 0 aliphatic carbocycles. The third-order valence-electron chi connectivity index (χ3n) is 5.90. The van der Waals surface area contributed by atoms with Crippen molar-refractivity contribution in [2.45, 2.75) is 12.8 Å². The molecular formula is C29H28N2O5. The smallest absolute Gasteiger partial charge is 0.230 e. The van der Waals surface area contributed by atoms with Crippen LogP contribution in [0.25, 0.3) is 0 Å². The van der Waals surface area contributed by atoms with Gasteiger partial charge in [0.25, 0.3) is 0 Å². The Morgan fingerprint density at radius 3 is 1.42 bits per heavy atom. The lowest BCUT2D eigenvalue weighted by molar-refractivity contribution is 0.102. The van der Waals surface area contributed by atoms with E-state index in [0.29, 0.717) is 47.2 Å². The molecule has 2 aromatic carbocycles. The molecule has 36 heavy (non-hydrogen) atoms. The highest BCUT2D eigenvalue weighted by Crippen LogP contribution is 2.30. The summed E-state index contributed by atoms with van der Waals surface area (Å²) < 4.78 is 21.5. The molecule has 0 aliphatic heterocycles. The first-order valence-electron chi connectivity index (χ1n) is 11.4. The Labute approximate surface area is 210 Å². The lowest BCUT2D eigenvalue weighted by Gasteiger charge is -2.13. The van der Waals surface area contributed by atoms with Crippen molar-refractivity contribution in [2.24, 2.45) is 0 Å². The van der Waals surface area contributed by atoms with Crippen molar-refractivity contribution in [1.82, 2.24) is 9.97 Å². The van der Waals surface area contributed by atoms with Crippen molar-refractivity contribution in [3.05, 3.63) is 107 Å². The summed E-state index contributed by atoms with van der Waals surface area (Å²) in [5.41, 5.74) is 4.30. The number of aromatic nitrogens is 2. The Bertz CT molecular complexity index is 1270. The molecule has 0 saturated carbocycles. The SMILES string of the molecule is COc1ccc(Cc2cccnc2C(=O)c2ncccc2Cc2ccc(OC)c(OC)c2)cc1OC. The summed E-state index contributed by atoms with van der Waals surface area (Å²) in [6, 6.07) is 18.9. The summed E-state index contributed by atoms with van der Waals surface area (Å²) in [7, 11) is 6.40. The lowest BCUT2D eigenvalue weighted by atomic mass is 9.96. The van der Waals surface area contributed by atoms with Crippen molar-refractivity contribution < 1.29 is 23.7 Å². The summed E-state index contributed by atoms with van der Waals surface area (Å²) in [6.07, 6.45) is 4.27. The fourth-order valence-electron chi connectivity index (χ4n) is 4.10. The maximum Gasteiger partial charge on any atom is 0.230 e. The van der Waals surface area contributed by atoms with Gasteiger partial charge in [-0.25, -0.2) is 0 Å². The number of carbonyl (C=O) groups is 1. The number of ether oxygens (including phenoxy) is 4. The first kappa shape index (κ1) is 24.7. The minimum atomic E-state index is -0.220. The molecule has 0 atom stereocenters. The van der Waals surface area contributed by atoms with Crippen molar-refractivity contribution in [2.75, 3.05) is 28.4 Å². The molecular weight excluding hydrogens is 456 g/mol. The quantitative estimate of drug-likeness (QED) is 0.296. The first-order valence-corrected chi connectivity index (χ1v) is 11.4. The molecule has 2 aromatic heterocycles. The second kappa shape index (κ2) is 11.4. The highest BCUT2D eigenvalue weighted by molar-refractivity contribution is 6.08. The van der Waals surface area contributed by atoms with Crippen molar-refractivity contribution in [3.63, 3.8) is 0 Å². The van der Waals surface area contributed by atoms with Gasteiger partial charge in [0.15, 0.2) is 23.0 Å². The number of hydrogen-bond donors (Lipinski definition) is 0. The van der Waals surface area contributed by atoms with Crippen molar-refractivity contribution >= 4 is 5.78 Å². The fourth-order valence-corrected chi connectivity index (χ4v) is 4.10. The molecule has 0 bridgehead atoms. The highest BCUT2D eigenvalue weighted by Gasteiger charge is 2.20. The normalized spacial score (nSPS) is 10.6. The van der Waals surface area contributed by atoms with Gasteiger partial charge in [-0.05, 0) is 71.5 Å². The zero-order valence-corrected chi connectivity index (χ0v) is 20.8. The molecule has 4 aromatic rings. The molecule has 4 rings (SSSR count). The van der Waals surface area contributed by atoms with Crippen molar-refractivity contribution in [1.29, 1.82) is 0 Å². The summed E-state index contributed by atoms with van der Waals surface area (Å²) in [6.45, 7) is 0. The molecule has 0 spiro atoms. The molecule has 0 radical (unpaired) electrons. The van der Waals surface area contributed by atoms with Gasteiger partial charge in [0.05, 0.1) is 28.4 Å². The van der Waals surface area contributed by atoms with Gasteiger partial charge >= 0.3 is 0 Å². The number of hydrogen-bond acceptors (Lipinski definition) is 7. The van der Waals surface area contributed by atoms with Gasteiger partial charge in [-0.15, -0.1) is 0 Å². The topological polar surface area (TPSA) is 79.8 Å². The Kier molecular flexibility index (Phi) is 7.80. The average Bonchev–Trinajstić information content (AvgIpc) is 2.93. The number of methoxy groups -OCH3 is 4. The largest absolute Gasteiger partial charge is 0.493 e. The van der Waals surface area contributed by atoms with E-state index in [1.54, 1.807) is 40.8 Å². The van der Waals surface area contributed by atoms with E-state index in [9.17, 15) is 4.79 Å². The standard InChI is InChI=1S/C29H28N2O5/c1-33-23-11-9-19(17-25(23)35-3)15-21-7-5-13-30-27(21)29(32)28-22(8-6-14-31-28)16-20-10-12-24(34-2)26(18-20)36-4/h5-14,17-18H,15-16H2,1-4H3. The predicted molar refractivity (Wildman–Crippen MR) is 137 cm³/mol. The van der Waals surface area contributed by atoms with Crippen LogP contribution in [0, 0.1) is 0 Å². The second-order valence-electron chi connectivity index (χ2n) is 8.08. The minimum Gasteiger partial charge on any atom is -0.493 e. The van der Waals surface area contributed by atoms with Gasteiger partial charge in [-0.2, -0.15) is 0 Å². The highest BCUT2D eigenvalue weighted by atomic mass is 16.5. The summed E-state index contributed by atoms with van der Waals surface area (Å²) in [4.78, 5) is 22.6. The van der Waals surface area contributed by atoms with Gasteiger partial charge in [0, 0.05) is 12.4 Å². The van der Waals surface area contributed by atoms with Gasteiger partial charge in [0.2, 0.25) is 5.78 Å². The monoisotopic (exact) mass is 484 g/mol. The van der Waals surface area contributed by atoms with Crippen molar-refractivity contribution in [3.8, 4) is 23.0 Å². The molecule has 0 N–H and O–H groups in total. The fraction of sp³-hybridized carbons (Fsp3) is 0.207. The summed E-state index contributed by atoms with van der Waals surface area (Å²) >= 11 is 0. The summed E-state index contributed by atoms with van der Waals surface area (Å²) in [5, 5.41) is 0. The van der Waals surface area contributed by atoms with Crippen LogP contribution in [0.3, 0.4) is 0 Å². The lowest BCUT2D eigenvalue weighted by Crippen LogP contribution is -2.13. The number of pyridine rings is 2. The molecule has 0 unspecified atom stereocenters. The van der Waals surface area contributed by atoms with Crippen LogP contribution in [0.1, 0.15) is 38.4 Å².